The van der Waals surface area contributed by atoms with Gasteiger partial charge in [0.2, 0.25) is 5.91 Å². The van der Waals surface area contributed by atoms with Crippen LogP contribution in [-0.2, 0) is 4.79 Å². The Morgan fingerprint density at radius 2 is 2.20 bits per heavy atom. The fourth-order valence-electron chi connectivity index (χ4n) is 2.76. The predicted molar refractivity (Wildman–Crippen MR) is 51.4 cm³/mol. The summed E-state index contributed by atoms with van der Waals surface area (Å²) >= 11 is 0. The van der Waals surface area contributed by atoms with Crippen LogP contribution in [0.25, 0.3) is 0 Å². The van der Waals surface area contributed by atoms with Gasteiger partial charge in [0.15, 0.2) is 0 Å². The Labute approximate surface area is 87.6 Å². The molecular weight excluding hydrogens is 202 g/mol. The molecule has 1 aliphatic heterocycles. The second kappa shape index (κ2) is 3.70. The van der Waals surface area contributed by atoms with Crippen LogP contribution in [0, 0.1) is 11.8 Å². The van der Waals surface area contributed by atoms with Gasteiger partial charge < -0.3 is 10.6 Å². The lowest BCUT2D eigenvalue weighted by Crippen LogP contribution is -2.38. The summed E-state index contributed by atoms with van der Waals surface area (Å²) in [5.41, 5.74) is 5.23. The van der Waals surface area contributed by atoms with Crippen LogP contribution in [0.15, 0.2) is 0 Å². The van der Waals surface area contributed by atoms with E-state index in [-0.39, 0.29) is 31.3 Å². The molecule has 86 valence electrons. The zero-order valence-corrected chi connectivity index (χ0v) is 8.59. The maximum Gasteiger partial charge on any atom is 0.252 e. The molecule has 3 nitrogen and oxygen atoms in total. The van der Waals surface area contributed by atoms with Crippen molar-refractivity contribution in [1.82, 2.24) is 4.90 Å². The Morgan fingerprint density at radius 3 is 2.80 bits per heavy atom. The number of carbonyl (C=O) groups is 1. The van der Waals surface area contributed by atoms with Crippen molar-refractivity contribution in [3.63, 3.8) is 0 Å². The molecule has 0 spiro atoms. The second-order valence-electron chi connectivity index (χ2n) is 4.52. The minimum absolute atomic E-state index is 0.0238. The van der Waals surface area contributed by atoms with E-state index in [1.807, 2.05) is 0 Å². The van der Waals surface area contributed by atoms with Crippen molar-refractivity contribution < 1.29 is 13.6 Å². The number of nitrogens with zero attached hydrogens (tertiary/aromatic N) is 1. The lowest BCUT2D eigenvalue weighted by molar-refractivity contribution is -0.129. The molecule has 2 aliphatic rings. The number of halogens is 2. The summed E-state index contributed by atoms with van der Waals surface area (Å²) in [5.74, 6) is -3.46. The van der Waals surface area contributed by atoms with E-state index in [4.69, 9.17) is 5.73 Å². The largest absolute Gasteiger partial charge is 0.341 e. The lowest BCUT2D eigenvalue weighted by atomic mass is 9.79. The van der Waals surface area contributed by atoms with Crippen LogP contribution in [0.4, 0.5) is 8.78 Å². The quantitative estimate of drug-likeness (QED) is 0.709. The van der Waals surface area contributed by atoms with Crippen LogP contribution in [0.2, 0.25) is 0 Å². The van der Waals surface area contributed by atoms with Gasteiger partial charge in [0.25, 0.3) is 5.92 Å². The highest BCUT2D eigenvalue weighted by atomic mass is 19.3. The molecule has 2 N–H and O–H groups in total. The van der Waals surface area contributed by atoms with E-state index in [2.05, 4.69) is 0 Å². The van der Waals surface area contributed by atoms with Gasteiger partial charge in [-0.1, -0.05) is 0 Å². The monoisotopic (exact) mass is 218 g/mol. The third-order valence-corrected chi connectivity index (χ3v) is 3.60. The number of fused-ring (bicyclic) bond motifs is 1. The zero-order chi connectivity index (χ0) is 11.1. The molecule has 1 saturated heterocycles. The Hall–Kier alpha value is -0.710. The summed E-state index contributed by atoms with van der Waals surface area (Å²) < 4.78 is 27.1. The summed E-state index contributed by atoms with van der Waals surface area (Å²) in [6.07, 6.45) is 1.35. The third kappa shape index (κ3) is 1.85. The van der Waals surface area contributed by atoms with E-state index in [1.165, 1.54) is 4.90 Å². The average Bonchev–Trinajstić information content (AvgIpc) is 2.61. The van der Waals surface area contributed by atoms with Crippen LogP contribution in [-0.4, -0.2) is 36.4 Å². The van der Waals surface area contributed by atoms with Crippen LogP contribution < -0.4 is 5.73 Å². The molecule has 1 aliphatic carbocycles. The summed E-state index contributed by atoms with van der Waals surface area (Å²) in [5, 5.41) is 0. The Bertz CT molecular complexity index is 270. The van der Waals surface area contributed by atoms with Gasteiger partial charge in [0.05, 0.1) is 6.54 Å². The Kier molecular flexibility index (Phi) is 2.66. The van der Waals surface area contributed by atoms with E-state index >= 15 is 0 Å². The maximum absolute atomic E-state index is 13.5. The molecular formula is C10H16F2N2O. The Balaban J connectivity index is 2.08. The summed E-state index contributed by atoms with van der Waals surface area (Å²) in [6.45, 7) is 0.578. The molecule has 0 unspecified atom stereocenters. The number of hydrogen-bond donors (Lipinski definition) is 1. The molecule has 0 radical (unpaired) electrons. The molecule has 2 fully saturated rings. The number of likely N-dealkylation sites (tertiary alicyclic amines) is 1. The van der Waals surface area contributed by atoms with Gasteiger partial charge in [-0.05, 0) is 18.8 Å². The van der Waals surface area contributed by atoms with Gasteiger partial charge in [-0.15, -0.1) is 0 Å². The van der Waals surface area contributed by atoms with Crippen LogP contribution >= 0.6 is 0 Å². The zero-order valence-electron chi connectivity index (χ0n) is 8.59. The van der Waals surface area contributed by atoms with Gasteiger partial charge in [0, 0.05) is 25.4 Å². The van der Waals surface area contributed by atoms with Gasteiger partial charge >= 0.3 is 0 Å². The standard InChI is InChI=1S/C10H16F2N2O/c11-10(12)3-1-2-7-5-14(6-8(7)10)9(15)4-13/h7-8H,1-6,13H2/t7-,8-/m1/s1. The van der Waals surface area contributed by atoms with E-state index < -0.39 is 11.8 Å². The number of hydrogen-bond acceptors (Lipinski definition) is 2. The van der Waals surface area contributed by atoms with Crippen molar-refractivity contribution in [3.05, 3.63) is 0 Å². The van der Waals surface area contributed by atoms with Crippen molar-refractivity contribution in [1.29, 1.82) is 0 Å². The predicted octanol–water partition coefficient (Wildman–Crippen LogP) is 0.839. The van der Waals surface area contributed by atoms with Crippen molar-refractivity contribution >= 4 is 5.91 Å². The molecule has 15 heavy (non-hydrogen) atoms. The van der Waals surface area contributed by atoms with Gasteiger partial charge in [0.1, 0.15) is 0 Å². The van der Waals surface area contributed by atoms with Crippen molar-refractivity contribution in [3.8, 4) is 0 Å². The van der Waals surface area contributed by atoms with Gasteiger partial charge in [-0.2, -0.15) is 0 Å². The van der Waals surface area contributed by atoms with Crippen LogP contribution in [0.1, 0.15) is 19.3 Å². The third-order valence-electron chi connectivity index (χ3n) is 3.60. The van der Waals surface area contributed by atoms with E-state index in [1.54, 1.807) is 0 Å². The summed E-state index contributed by atoms with van der Waals surface area (Å²) in [4.78, 5) is 12.8. The van der Waals surface area contributed by atoms with Crippen molar-refractivity contribution in [2.75, 3.05) is 19.6 Å². The van der Waals surface area contributed by atoms with E-state index in [0.29, 0.717) is 13.0 Å². The molecule has 1 amide bonds. The molecule has 0 aromatic carbocycles. The smallest absolute Gasteiger partial charge is 0.252 e. The molecule has 1 saturated carbocycles. The van der Waals surface area contributed by atoms with Crippen molar-refractivity contribution in [2.24, 2.45) is 17.6 Å². The van der Waals surface area contributed by atoms with E-state index in [9.17, 15) is 13.6 Å². The number of nitrogens with two attached hydrogens (primary N) is 1. The molecule has 5 heteroatoms. The molecule has 0 bridgehead atoms. The summed E-state index contributed by atoms with van der Waals surface area (Å²) in [7, 11) is 0. The average molecular weight is 218 g/mol. The first-order valence-corrected chi connectivity index (χ1v) is 5.40. The molecule has 2 rings (SSSR count). The van der Waals surface area contributed by atoms with Crippen molar-refractivity contribution in [2.45, 2.75) is 25.2 Å². The van der Waals surface area contributed by atoms with Gasteiger partial charge in [-0.25, -0.2) is 8.78 Å². The highest BCUT2D eigenvalue weighted by Gasteiger charge is 2.51. The molecule has 0 aromatic rings. The number of amides is 1. The first-order chi connectivity index (χ1) is 7.04. The Morgan fingerprint density at radius 1 is 1.47 bits per heavy atom. The number of alkyl halides is 2. The highest BCUT2D eigenvalue weighted by molar-refractivity contribution is 5.78. The highest BCUT2D eigenvalue weighted by Crippen LogP contribution is 2.45. The second-order valence-corrected chi connectivity index (χ2v) is 4.52. The van der Waals surface area contributed by atoms with Crippen LogP contribution in [0.5, 0.6) is 0 Å². The molecule has 0 aromatic heterocycles. The first-order valence-electron chi connectivity index (χ1n) is 5.40. The SMILES string of the molecule is NCC(=O)N1C[C@H]2CCCC(F)(F)[C@@H]2C1. The van der Waals surface area contributed by atoms with E-state index in [0.717, 1.165) is 6.42 Å². The lowest BCUT2D eigenvalue weighted by Gasteiger charge is -2.32. The van der Waals surface area contributed by atoms with Crippen LogP contribution in [0.3, 0.4) is 0 Å². The topological polar surface area (TPSA) is 46.3 Å². The summed E-state index contributed by atoms with van der Waals surface area (Å²) in [6, 6.07) is 0. The minimum Gasteiger partial charge on any atom is -0.341 e. The molecule has 1 heterocycles. The maximum atomic E-state index is 13.5. The molecule has 2 atom stereocenters. The number of carbonyl (C=O) groups excluding carboxylic acids is 1. The fourth-order valence-corrected chi connectivity index (χ4v) is 2.76. The normalized spacial score (nSPS) is 33.9. The fraction of sp³-hybridized carbons (Fsp3) is 0.900. The first kappa shape index (κ1) is 10.8. The minimum atomic E-state index is -2.59. The van der Waals surface area contributed by atoms with Gasteiger partial charge in [-0.3, -0.25) is 4.79 Å². The number of rotatable bonds is 1.